The Kier molecular flexibility index (Phi) is 4.40. The van der Waals surface area contributed by atoms with Crippen LogP contribution in [0.2, 0.25) is 5.02 Å². The Bertz CT molecular complexity index is 908. The molecule has 2 aromatic carbocycles. The lowest BCUT2D eigenvalue weighted by atomic mass is 10.1. The highest BCUT2D eigenvalue weighted by molar-refractivity contribution is 6.31. The number of halogens is 3. The SMILES string of the molecule is Cc1c(C(=O)Nc2ccccc2OC(F)F)oc2ccc(Cl)cc12. The van der Waals surface area contributed by atoms with Gasteiger partial charge in [0, 0.05) is 16.0 Å². The van der Waals surface area contributed by atoms with Crippen LogP contribution in [-0.2, 0) is 0 Å². The summed E-state index contributed by atoms with van der Waals surface area (Å²) in [6, 6.07) is 10.9. The first-order valence-corrected chi connectivity index (χ1v) is 7.37. The Morgan fingerprint density at radius 2 is 2.00 bits per heavy atom. The number of carbonyl (C=O) groups excluding carboxylic acids is 1. The van der Waals surface area contributed by atoms with Crippen molar-refractivity contribution < 1.29 is 22.7 Å². The third-order valence-electron chi connectivity index (χ3n) is 3.46. The van der Waals surface area contributed by atoms with Gasteiger partial charge in [-0.05, 0) is 37.3 Å². The summed E-state index contributed by atoms with van der Waals surface area (Å²) in [5.74, 6) is -0.609. The minimum atomic E-state index is -2.99. The maximum Gasteiger partial charge on any atom is 0.387 e. The zero-order valence-corrected chi connectivity index (χ0v) is 13.2. The van der Waals surface area contributed by atoms with Crippen LogP contribution >= 0.6 is 11.6 Å². The van der Waals surface area contributed by atoms with Crippen molar-refractivity contribution in [3.63, 3.8) is 0 Å². The van der Waals surface area contributed by atoms with E-state index >= 15 is 0 Å². The van der Waals surface area contributed by atoms with Crippen molar-refractivity contribution >= 4 is 34.2 Å². The second-order valence-electron chi connectivity index (χ2n) is 5.03. The van der Waals surface area contributed by atoms with Gasteiger partial charge in [-0.2, -0.15) is 8.78 Å². The van der Waals surface area contributed by atoms with Crippen LogP contribution in [0.3, 0.4) is 0 Å². The first-order chi connectivity index (χ1) is 11.5. The van der Waals surface area contributed by atoms with E-state index < -0.39 is 12.5 Å². The highest BCUT2D eigenvalue weighted by Gasteiger charge is 2.19. The molecule has 24 heavy (non-hydrogen) atoms. The Balaban J connectivity index is 1.92. The van der Waals surface area contributed by atoms with E-state index in [1.807, 2.05) is 0 Å². The number of anilines is 1. The number of fused-ring (bicyclic) bond motifs is 1. The average Bonchev–Trinajstić information content (AvgIpc) is 2.85. The number of rotatable bonds is 4. The molecule has 4 nitrogen and oxygen atoms in total. The Labute approximate surface area is 141 Å². The lowest BCUT2D eigenvalue weighted by Crippen LogP contribution is -2.14. The van der Waals surface area contributed by atoms with E-state index in [2.05, 4.69) is 10.1 Å². The number of amides is 1. The summed E-state index contributed by atoms with van der Waals surface area (Å²) in [6.45, 7) is -1.27. The molecule has 0 saturated heterocycles. The Hall–Kier alpha value is -2.60. The minimum absolute atomic E-state index is 0.0825. The molecule has 3 rings (SSSR count). The minimum Gasteiger partial charge on any atom is -0.451 e. The highest BCUT2D eigenvalue weighted by Crippen LogP contribution is 2.30. The van der Waals surface area contributed by atoms with Gasteiger partial charge in [-0.3, -0.25) is 4.79 Å². The van der Waals surface area contributed by atoms with Gasteiger partial charge in [0.2, 0.25) is 0 Å². The third-order valence-corrected chi connectivity index (χ3v) is 3.69. The smallest absolute Gasteiger partial charge is 0.387 e. The summed E-state index contributed by atoms with van der Waals surface area (Å²) in [5.41, 5.74) is 1.25. The van der Waals surface area contributed by atoms with Gasteiger partial charge >= 0.3 is 6.61 Å². The van der Waals surface area contributed by atoms with E-state index in [0.717, 1.165) is 0 Å². The molecule has 7 heteroatoms. The molecule has 0 unspecified atom stereocenters. The second kappa shape index (κ2) is 6.49. The number of para-hydroxylation sites is 2. The molecule has 0 radical (unpaired) electrons. The lowest BCUT2D eigenvalue weighted by Gasteiger charge is -2.11. The fraction of sp³-hybridized carbons (Fsp3) is 0.118. The molecular weight excluding hydrogens is 340 g/mol. The fourth-order valence-corrected chi connectivity index (χ4v) is 2.53. The number of furan rings is 1. The molecule has 0 aliphatic carbocycles. The summed E-state index contributed by atoms with van der Waals surface area (Å²) >= 11 is 5.95. The van der Waals surface area contributed by atoms with Gasteiger partial charge in [0.15, 0.2) is 5.76 Å². The maximum absolute atomic E-state index is 12.4. The predicted octanol–water partition coefficient (Wildman–Crippen LogP) is 5.25. The molecule has 1 aromatic heterocycles. The monoisotopic (exact) mass is 351 g/mol. The summed E-state index contributed by atoms with van der Waals surface area (Å²) in [7, 11) is 0. The van der Waals surface area contributed by atoms with Crippen LogP contribution in [0.5, 0.6) is 5.75 Å². The number of carbonyl (C=O) groups is 1. The third kappa shape index (κ3) is 3.19. The average molecular weight is 352 g/mol. The van der Waals surface area contributed by atoms with Crippen molar-refractivity contribution in [3.8, 4) is 5.75 Å². The number of ether oxygens (including phenoxy) is 1. The summed E-state index contributed by atoms with van der Waals surface area (Å²) in [4.78, 5) is 12.4. The fourth-order valence-electron chi connectivity index (χ4n) is 2.36. The topological polar surface area (TPSA) is 51.5 Å². The summed E-state index contributed by atoms with van der Waals surface area (Å²) < 4.78 is 34.8. The second-order valence-corrected chi connectivity index (χ2v) is 5.46. The van der Waals surface area contributed by atoms with Crippen LogP contribution in [0.25, 0.3) is 11.0 Å². The van der Waals surface area contributed by atoms with E-state index in [9.17, 15) is 13.6 Å². The van der Waals surface area contributed by atoms with E-state index in [4.69, 9.17) is 16.0 Å². The molecule has 0 aliphatic rings. The Morgan fingerprint density at radius 1 is 1.25 bits per heavy atom. The van der Waals surface area contributed by atoms with E-state index in [1.165, 1.54) is 18.2 Å². The first kappa shape index (κ1) is 16.3. The first-order valence-electron chi connectivity index (χ1n) is 6.99. The molecule has 1 heterocycles. The Morgan fingerprint density at radius 3 is 2.75 bits per heavy atom. The summed E-state index contributed by atoms with van der Waals surface area (Å²) in [6.07, 6.45) is 0. The molecule has 0 saturated carbocycles. The normalized spacial score (nSPS) is 11.0. The number of benzene rings is 2. The van der Waals surface area contributed by atoms with Crippen molar-refractivity contribution in [2.45, 2.75) is 13.5 Å². The number of aryl methyl sites for hydroxylation is 1. The van der Waals surface area contributed by atoms with Crippen LogP contribution in [0.15, 0.2) is 46.9 Å². The van der Waals surface area contributed by atoms with Crippen LogP contribution in [0, 0.1) is 6.92 Å². The quantitative estimate of drug-likeness (QED) is 0.698. The van der Waals surface area contributed by atoms with Crippen molar-refractivity contribution in [2.24, 2.45) is 0 Å². The maximum atomic E-state index is 12.4. The predicted molar refractivity (Wildman–Crippen MR) is 87.0 cm³/mol. The van der Waals surface area contributed by atoms with Gasteiger partial charge in [-0.15, -0.1) is 0 Å². The van der Waals surface area contributed by atoms with Gasteiger partial charge in [0.05, 0.1) is 5.69 Å². The van der Waals surface area contributed by atoms with E-state index in [0.29, 0.717) is 21.6 Å². The van der Waals surface area contributed by atoms with Gasteiger partial charge < -0.3 is 14.5 Å². The molecule has 0 aliphatic heterocycles. The van der Waals surface area contributed by atoms with Gasteiger partial charge in [-0.1, -0.05) is 23.7 Å². The van der Waals surface area contributed by atoms with Crippen molar-refractivity contribution in [2.75, 3.05) is 5.32 Å². The number of nitrogens with one attached hydrogen (secondary N) is 1. The largest absolute Gasteiger partial charge is 0.451 e. The van der Waals surface area contributed by atoms with Crippen LogP contribution in [0.4, 0.5) is 14.5 Å². The van der Waals surface area contributed by atoms with Crippen LogP contribution in [0.1, 0.15) is 16.1 Å². The van der Waals surface area contributed by atoms with E-state index in [-0.39, 0.29) is 17.2 Å². The lowest BCUT2D eigenvalue weighted by molar-refractivity contribution is -0.0493. The number of hydrogen-bond acceptors (Lipinski definition) is 3. The van der Waals surface area contributed by atoms with Gasteiger partial charge in [0.1, 0.15) is 11.3 Å². The molecular formula is C17H12ClF2NO3. The van der Waals surface area contributed by atoms with Gasteiger partial charge in [-0.25, -0.2) is 0 Å². The molecule has 0 bridgehead atoms. The molecule has 3 aromatic rings. The van der Waals surface area contributed by atoms with Crippen molar-refractivity contribution in [3.05, 3.63) is 58.8 Å². The van der Waals surface area contributed by atoms with Crippen molar-refractivity contribution in [1.29, 1.82) is 0 Å². The molecule has 1 amide bonds. The van der Waals surface area contributed by atoms with Gasteiger partial charge in [0.25, 0.3) is 5.91 Å². The van der Waals surface area contributed by atoms with Crippen LogP contribution in [-0.4, -0.2) is 12.5 Å². The highest BCUT2D eigenvalue weighted by atomic mass is 35.5. The molecule has 0 fully saturated rings. The summed E-state index contributed by atoms with van der Waals surface area (Å²) in [5, 5.41) is 3.76. The molecule has 0 atom stereocenters. The number of alkyl halides is 2. The standard InChI is InChI=1S/C17H12ClF2NO3/c1-9-11-8-10(18)6-7-13(11)23-15(9)16(22)21-12-4-2-3-5-14(12)24-17(19)20/h2-8,17H,1H3,(H,21,22). The molecule has 0 spiro atoms. The van der Waals surface area contributed by atoms with E-state index in [1.54, 1.807) is 31.2 Å². The molecule has 1 N–H and O–H groups in total. The van der Waals surface area contributed by atoms with Crippen molar-refractivity contribution in [1.82, 2.24) is 0 Å². The zero-order chi connectivity index (χ0) is 17.3. The van der Waals surface area contributed by atoms with Crippen LogP contribution < -0.4 is 10.1 Å². The zero-order valence-electron chi connectivity index (χ0n) is 12.5. The number of hydrogen-bond donors (Lipinski definition) is 1. The molecule has 124 valence electrons.